The van der Waals surface area contributed by atoms with Crippen molar-refractivity contribution in [3.8, 4) is 0 Å². The Morgan fingerprint density at radius 3 is 3.17 bits per heavy atom. The molecule has 7 heteroatoms. The number of hydrogen-bond acceptors (Lipinski definition) is 5. The zero-order valence-electron chi connectivity index (χ0n) is 13.8. The van der Waals surface area contributed by atoms with Gasteiger partial charge in [-0.2, -0.15) is 0 Å². The van der Waals surface area contributed by atoms with E-state index in [1.807, 2.05) is 6.92 Å². The van der Waals surface area contributed by atoms with Crippen molar-refractivity contribution in [1.29, 1.82) is 0 Å². The van der Waals surface area contributed by atoms with Crippen LogP contribution in [0.2, 0.25) is 0 Å². The van der Waals surface area contributed by atoms with Crippen LogP contribution in [-0.4, -0.2) is 47.3 Å². The van der Waals surface area contributed by atoms with E-state index in [1.54, 1.807) is 25.3 Å². The van der Waals surface area contributed by atoms with Gasteiger partial charge in [0.2, 0.25) is 0 Å². The summed E-state index contributed by atoms with van der Waals surface area (Å²) < 4.78 is 12.4. The van der Waals surface area contributed by atoms with Crippen LogP contribution < -0.4 is 10.9 Å². The lowest BCUT2D eigenvalue weighted by atomic mass is 10.1. The summed E-state index contributed by atoms with van der Waals surface area (Å²) in [6.07, 6.45) is 2.13. The number of fused-ring (bicyclic) bond motifs is 1. The number of aromatic nitrogens is 2. The summed E-state index contributed by atoms with van der Waals surface area (Å²) in [7, 11) is 0. The van der Waals surface area contributed by atoms with E-state index in [0.717, 1.165) is 0 Å². The Morgan fingerprint density at radius 2 is 2.38 bits per heavy atom. The van der Waals surface area contributed by atoms with Gasteiger partial charge in [-0.1, -0.05) is 0 Å². The molecule has 0 radical (unpaired) electrons. The van der Waals surface area contributed by atoms with Crippen LogP contribution in [0.5, 0.6) is 0 Å². The first-order valence-corrected chi connectivity index (χ1v) is 8.09. The van der Waals surface area contributed by atoms with Gasteiger partial charge in [-0.25, -0.2) is 4.98 Å². The molecule has 0 aliphatic carbocycles. The molecule has 1 N–H and O–H groups in total. The van der Waals surface area contributed by atoms with Crippen LogP contribution in [0.1, 0.15) is 29.4 Å². The van der Waals surface area contributed by atoms with Crippen molar-refractivity contribution in [3.63, 3.8) is 0 Å². The van der Waals surface area contributed by atoms with Crippen LogP contribution in [0.3, 0.4) is 0 Å². The number of nitrogens with one attached hydrogen (secondary N) is 1. The zero-order valence-corrected chi connectivity index (χ0v) is 13.8. The maximum absolute atomic E-state index is 12.7. The fourth-order valence-corrected chi connectivity index (χ4v) is 2.92. The molecule has 2 unspecified atom stereocenters. The number of carbonyl (C=O) groups excluding carboxylic acids is 1. The van der Waals surface area contributed by atoms with Gasteiger partial charge in [0.15, 0.2) is 5.65 Å². The van der Waals surface area contributed by atoms with Crippen LogP contribution in [0.15, 0.2) is 29.2 Å². The summed E-state index contributed by atoms with van der Waals surface area (Å²) in [5.74, 6) is -0.262. The molecule has 1 aliphatic heterocycles. The highest BCUT2D eigenvalue weighted by molar-refractivity contribution is 5.99. The summed E-state index contributed by atoms with van der Waals surface area (Å²) in [4.78, 5) is 29.1. The van der Waals surface area contributed by atoms with Gasteiger partial charge >= 0.3 is 0 Å². The fraction of sp³-hybridized carbons (Fsp3) is 0.471. The number of aryl methyl sites for hydroxylation is 1. The Morgan fingerprint density at radius 1 is 1.54 bits per heavy atom. The number of nitrogens with zero attached hydrogens (tertiary/aromatic N) is 2. The van der Waals surface area contributed by atoms with Crippen molar-refractivity contribution in [2.24, 2.45) is 0 Å². The average molecular weight is 331 g/mol. The van der Waals surface area contributed by atoms with E-state index in [9.17, 15) is 9.59 Å². The van der Waals surface area contributed by atoms with Crippen molar-refractivity contribution >= 4 is 11.6 Å². The summed E-state index contributed by atoms with van der Waals surface area (Å²) in [6, 6.07) is 4.66. The minimum atomic E-state index is -0.262. The predicted molar refractivity (Wildman–Crippen MR) is 88.3 cm³/mol. The summed E-state index contributed by atoms with van der Waals surface area (Å²) >= 11 is 0. The van der Waals surface area contributed by atoms with E-state index in [-0.39, 0.29) is 23.6 Å². The summed E-state index contributed by atoms with van der Waals surface area (Å²) in [5.41, 5.74) is 1.11. The zero-order chi connectivity index (χ0) is 17.1. The van der Waals surface area contributed by atoms with Crippen molar-refractivity contribution in [2.75, 3.05) is 19.8 Å². The summed E-state index contributed by atoms with van der Waals surface area (Å²) in [5, 5.41) is 3.00. The largest absolute Gasteiger partial charge is 0.379 e. The normalized spacial score (nSPS) is 20.9. The molecule has 0 aromatic carbocycles. The average Bonchev–Trinajstić information content (AvgIpc) is 2.56. The van der Waals surface area contributed by atoms with Crippen molar-refractivity contribution in [2.45, 2.75) is 32.4 Å². The molecule has 0 saturated carbocycles. The van der Waals surface area contributed by atoms with Crippen molar-refractivity contribution < 1.29 is 14.3 Å². The third-order valence-corrected chi connectivity index (χ3v) is 4.07. The van der Waals surface area contributed by atoms with Crippen molar-refractivity contribution in [3.05, 3.63) is 46.0 Å². The molecule has 128 valence electrons. The molecule has 24 heavy (non-hydrogen) atoms. The Bertz CT molecular complexity index is 800. The molecule has 1 fully saturated rings. The molecule has 1 amide bonds. The Hall–Kier alpha value is -2.25. The number of amides is 1. The van der Waals surface area contributed by atoms with Gasteiger partial charge in [0.25, 0.3) is 11.5 Å². The lowest BCUT2D eigenvalue weighted by Crippen LogP contribution is -2.50. The van der Waals surface area contributed by atoms with Crippen LogP contribution in [0, 0.1) is 6.92 Å². The van der Waals surface area contributed by atoms with E-state index in [2.05, 4.69) is 10.3 Å². The van der Waals surface area contributed by atoms with Crippen LogP contribution in [0.25, 0.3) is 5.65 Å². The fourth-order valence-electron chi connectivity index (χ4n) is 2.92. The van der Waals surface area contributed by atoms with E-state index in [1.165, 1.54) is 10.5 Å². The highest BCUT2D eigenvalue weighted by Gasteiger charge is 2.28. The maximum Gasteiger partial charge on any atom is 0.258 e. The maximum atomic E-state index is 12.7. The number of ether oxygens (including phenoxy) is 2. The minimum absolute atomic E-state index is 0.122. The molecule has 2 atom stereocenters. The van der Waals surface area contributed by atoms with Crippen LogP contribution in [0.4, 0.5) is 0 Å². The van der Waals surface area contributed by atoms with Gasteiger partial charge in [-0.15, -0.1) is 0 Å². The Balaban J connectivity index is 1.90. The number of pyridine rings is 1. The first-order valence-electron chi connectivity index (χ1n) is 8.09. The second kappa shape index (κ2) is 7.11. The number of carbonyl (C=O) groups is 1. The molecule has 2 aromatic rings. The molecule has 0 spiro atoms. The molecule has 0 bridgehead atoms. The highest BCUT2D eigenvalue weighted by Crippen LogP contribution is 2.14. The second-order valence-corrected chi connectivity index (χ2v) is 5.79. The molecule has 3 rings (SSSR count). The van der Waals surface area contributed by atoms with Gasteiger partial charge in [0.1, 0.15) is 6.10 Å². The topological polar surface area (TPSA) is 81.9 Å². The molecule has 3 heterocycles. The van der Waals surface area contributed by atoms with Gasteiger partial charge in [-0.3, -0.25) is 14.0 Å². The van der Waals surface area contributed by atoms with Gasteiger partial charge in [0.05, 0.1) is 18.2 Å². The molecule has 2 aromatic heterocycles. The first kappa shape index (κ1) is 16.6. The van der Waals surface area contributed by atoms with Crippen molar-refractivity contribution in [1.82, 2.24) is 14.7 Å². The summed E-state index contributed by atoms with van der Waals surface area (Å²) in [6.45, 7) is 5.26. The quantitative estimate of drug-likeness (QED) is 0.901. The van der Waals surface area contributed by atoms with E-state index in [4.69, 9.17) is 9.47 Å². The van der Waals surface area contributed by atoms with Gasteiger partial charge in [0, 0.05) is 31.2 Å². The van der Waals surface area contributed by atoms with E-state index in [0.29, 0.717) is 43.1 Å². The van der Waals surface area contributed by atoms with Crippen LogP contribution in [-0.2, 0) is 9.47 Å². The highest BCUT2D eigenvalue weighted by atomic mass is 16.5. The molecule has 7 nitrogen and oxygen atoms in total. The van der Waals surface area contributed by atoms with E-state index < -0.39 is 0 Å². The third kappa shape index (κ3) is 3.32. The van der Waals surface area contributed by atoms with E-state index >= 15 is 0 Å². The lowest BCUT2D eigenvalue weighted by Gasteiger charge is -2.31. The Kier molecular flexibility index (Phi) is 4.92. The second-order valence-electron chi connectivity index (χ2n) is 5.79. The lowest BCUT2D eigenvalue weighted by molar-refractivity contribution is -0.0632. The monoisotopic (exact) mass is 331 g/mol. The molecule has 1 aliphatic rings. The number of rotatable bonds is 4. The minimum Gasteiger partial charge on any atom is -0.379 e. The van der Waals surface area contributed by atoms with Gasteiger partial charge < -0.3 is 14.8 Å². The van der Waals surface area contributed by atoms with Crippen LogP contribution >= 0.6 is 0 Å². The number of hydrogen-bond donors (Lipinski definition) is 1. The predicted octanol–water partition coefficient (Wildman–Crippen LogP) is 0.927. The smallest absolute Gasteiger partial charge is 0.258 e. The van der Waals surface area contributed by atoms with Gasteiger partial charge in [-0.05, 0) is 32.4 Å². The SMILES string of the molecule is CCOC1COCCC1NC(=O)c1cccn2c(=O)cc(C)nc12. The molecule has 1 saturated heterocycles. The Labute approximate surface area is 139 Å². The standard InChI is InChI=1S/C17H21N3O4/c1-3-24-14-10-23-8-6-13(14)19-17(22)12-5-4-7-20-15(21)9-11(2)18-16(12)20/h4-5,7,9,13-14H,3,6,8,10H2,1-2H3,(H,19,22). The molecular formula is C17H21N3O4. The first-order chi connectivity index (χ1) is 11.6. The third-order valence-electron chi connectivity index (χ3n) is 4.07. The molecular weight excluding hydrogens is 310 g/mol.